The van der Waals surface area contributed by atoms with Gasteiger partial charge in [0, 0.05) is 5.69 Å². The van der Waals surface area contributed by atoms with Crippen LogP contribution in [0.25, 0.3) is 0 Å². The van der Waals surface area contributed by atoms with Crippen molar-refractivity contribution in [3.63, 3.8) is 0 Å². The molecule has 0 radical (unpaired) electrons. The van der Waals surface area contributed by atoms with Gasteiger partial charge in [-0.1, -0.05) is 66.7 Å². The molecule has 1 rings (SSSR count). The van der Waals surface area contributed by atoms with Crippen LogP contribution in [0.4, 0.5) is 5.69 Å². The number of nitrogens with two attached hydrogens (primary N) is 3. The Balaban J connectivity index is 0. The highest BCUT2D eigenvalue weighted by Crippen LogP contribution is 2.12. The zero-order valence-corrected chi connectivity index (χ0v) is 14.6. The molecule has 1 aromatic rings. The first-order valence-corrected chi connectivity index (χ1v) is 7.07. The third kappa shape index (κ3) is 16.9. The van der Waals surface area contributed by atoms with Crippen LogP contribution >= 0.6 is 0 Å². The first-order chi connectivity index (χ1) is 8.75. The predicted octanol–water partition coefficient (Wildman–Crippen LogP) is 3.91. The second-order valence-electron chi connectivity index (χ2n) is 7.75. The molecule has 0 saturated carbocycles. The van der Waals surface area contributed by atoms with Crippen LogP contribution in [0.5, 0.6) is 0 Å². The van der Waals surface area contributed by atoms with Crippen LogP contribution < -0.4 is 17.2 Å². The van der Waals surface area contributed by atoms with Crippen LogP contribution in [0, 0.1) is 17.8 Å². The summed E-state index contributed by atoms with van der Waals surface area (Å²) >= 11 is 0. The minimum Gasteiger partial charge on any atom is -0.399 e. The Morgan fingerprint density at radius 3 is 1.30 bits per heavy atom. The van der Waals surface area contributed by atoms with Gasteiger partial charge < -0.3 is 17.2 Å². The maximum atomic E-state index is 5.52. The van der Waals surface area contributed by atoms with Gasteiger partial charge >= 0.3 is 0 Å². The van der Waals surface area contributed by atoms with E-state index in [4.69, 9.17) is 17.2 Å². The molecule has 0 aliphatic rings. The van der Waals surface area contributed by atoms with Crippen LogP contribution in [0.15, 0.2) is 24.3 Å². The second kappa shape index (κ2) is 8.98. The average molecular weight is 281 g/mol. The SMILES string of the molecule is CC(C)(C)C.CC(C)(C)C(N)N.Cc1ccccc1N. The van der Waals surface area contributed by atoms with Gasteiger partial charge in [0.25, 0.3) is 0 Å². The van der Waals surface area contributed by atoms with Crippen LogP contribution in [0.3, 0.4) is 0 Å². The van der Waals surface area contributed by atoms with Crippen molar-refractivity contribution in [2.24, 2.45) is 22.3 Å². The van der Waals surface area contributed by atoms with Crippen molar-refractivity contribution in [1.29, 1.82) is 0 Å². The molecule has 6 N–H and O–H groups in total. The molecule has 0 aliphatic heterocycles. The maximum Gasteiger partial charge on any atom is 0.0570 e. The number of anilines is 1. The molecule has 0 spiro atoms. The number of hydrogen-bond acceptors (Lipinski definition) is 3. The van der Waals surface area contributed by atoms with Crippen LogP contribution in [-0.2, 0) is 0 Å². The molecule has 20 heavy (non-hydrogen) atoms. The molecule has 0 unspecified atom stereocenters. The van der Waals surface area contributed by atoms with E-state index in [2.05, 4.69) is 27.7 Å². The van der Waals surface area contributed by atoms with Crippen molar-refractivity contribution in [3.8, 4) is 0 Å². The smallest absolute Gasteiger partial charge is 0.0570 e. The van der Waals surface area contributed by atoms with Gasteiger partial charge in [-0.05, 0) is 29.4 Å². The predicted molar refractivity (Wildman–Crippen MR) is 92.3 cm³/mol. The average Bonchev–Trinajstić information content (AvgIpc) is 2.19. The fourth-order valence-corrected chi connectivity index (χ4v) is 0.587. The van der Waals surface area contributed by atoms with Crippen molar-refractivity contribution in [2.75, 3.05) is 5.73 Å². The van der Waals surface area contributed by atoms with Crippen molar-refractivity contribution in [2.45, 2.75) is 61.6 Å². The summed E-state index contributed by atoms with van der Waals surface area (Å²) in [4.78, 5) is 0. The Kier molecular flexibility index (Phi) is 9.54. The Hall–Kier alpha value is -1.06. The zero-order chi connectivity index (χ0) is 16.6. The highest BCUT2D eigenvalue weighted by Gasteiger charge is 2.14. The summed E-state index contributed by atoms with van der Waals surface area (Å²) in [5, 5.41) is 0. The fourth-order valence-electron chi connectivity index (χ4n) is 0.587. The highest BCUT2D eigenvalue weighted by atomic mass is 14.9. The van der Waals surface area contributed by atoms with Crippen molar-refractivity contribution >= 4 is 5.69 Å². The van der Waals surface area contributed by atoms with Crippen LogP contribution in [-0.4, -0.2) is 6.17 Å². The second-order valence-corrected chi connectivity index (χ2v) is 7.75. The van der Waals surface area contributed by atoms with Crippen LogP contribution in [0.2, 0.25) is 0 Å². The van der Waals surface area contributed by atoms with Crippen molar-refractivity contribution < 1.29 is 0 Å². The Bertz CT molecular complexity index is 330. The number of para-hydroxylation sites is 1. The number of aryl methyl sites for hydroxylation is 1. The number of hydrogen-bond donors (Lipinski definition) is 3. The van der Waals surface area contributed by atoms with Gasteiger partial charge in [0.05, 0.1) is 6.17 Å². The van der Waals surface area contributed by atoms with E-state index in [9.17, 15) is 0 Å². The molecular weight excluding hydrogens is 246 g/mol. The summed E-state index contributed by atoms with van der Waals surface area (Å²) in [6, 6.07) is 7.80. The highest BCUT2D eigenvalue weighted by molar-refractivity contribution is 5.44. The minimum absolute atomic E-state index is 0.0556. The van der Waals surface area contributed by atoms with Gasteiger partial charge in [0.1, 0.15) is 0 Å². The van der Waals surface area contributed by atoms with E-state index in [1.807, 2.05) is 52.0 Å². The zero-order valence-electron chi connectivity index (χ0n) is 14.6. The number of rotatable bonds is 0. The fraction of sp³-hybridized carbons (Fsp3) is 0.647. The normalized spacial score (nSPS) is 11.2. The Labute approximate surface area is 125 Å². The topological polar surface area (TPSA) is 78.1 Å². The standard InChI is InChI=1S/C7H9N.C5H14N2.C5H12/c1-6-4-2-3-5-7(6)8;1-5(2,3)4(6)7;1-5(2,3)4/h2-5H,8H2,1H3;4H,6-7H2,1-3H3;1-4H3. The molecule has 0 bridgehead atoms. The molecule has 0 amide bonds. The van der Waals surface area contributed by atoms with Gasteiger partial charge in [0.2, 0.25) is 0 Å². The van der Waals surface area contributed by atoms with E-state index in [0.29, 0.717) is 5.41 Å². The molecule has 118 valence electrons. The summed E-state index contributed by atoms with van der Waals surface area (Å²) in [5.74, 6) is 0. The number of nitrogen functional groups attached to an aromatic ring is 1. The van der Waals surface area contributed by atoms with Gasteiger partial charge in [0.15, 0.2) is 0 Å². The first-order valence-electron chi connectivity index (χ1n) is 7.07. The summed E-state index contributed by atoms with van der Waals surface area (Å²) in [6.07, 6.45) is -0.201. The molecule has 3 nitrogen and oxygen atoms in total. The van der Waals surface area contributed by atoms with Crippen LogP contribution in [0.1, 0.15) is 54.0 Å². The summed E-state index contributed by atoms with van der Waals surface area (Å²) < 4.78 is 0. The van der Waals surface area contributed by atoms with E-state index in [0.717, 1.165) is 11.3 Å². The molecule has 0 atom stereocenters. The first kappa shape index (κ1) is 21.2. The van der Waals surface area contributed by atoms with Crippen molar-refractivity contribution in [1.82, 2.24) is 0 Å². The summed E-state index contributed by atoms with van der Waals surface area (Å²) in [5.41, 5.74) is 18.8. The van der Waals surface area contributed by atoms with Gasteiger partial charge in [-0.25, -0.2) is 0 Å². The van der Waals surface area contributed by atoms with Gasteiger partial charge in [-0.2, -0.15) is 0 Å². The lowest BCUT2D eigenvalue weighted by Crippen LogP contribution is -2.42. The number of benzene rings is 1. The van der Waals surface area contributed by atoms with E-state index in [1.165, 1.54) is 0 Å². The largest absolute Gasteiger partial charge is 0.399 e. The molecule has 0 heterocycles. The lowest BCUT2D eigenvalue weighted by Gasteiger charge is -2.22. The van der Waals surface area contributed by atoms with Gasteiger partial charge in [-0.15, -0.1) is 0 Å². The van der Waals surface area contributed by atoms with E-state index in [-0.39, 0.29) is 11.6 Å². The molecule has 0 saturated heterocycles. The van der Waals surface area contributed by atoms with E-state index in [1.54, 1.807) is 0 Å². The van der Waals surface area contributed by atoms with Crippen molar-refractivity contribution in [3.05, 3.63) is 29.8 Å². The minimum atomic E-state index is -0.201. The molecule has 0 fully saturated rings. The lowest BCUT2D eigenvalue weighted by molar-refractivity contribution is 0.327. The molecular formula is C17H35N3. The lowest BCUT2D eigenvalue weighted by atomic mass is 9.94. The molecule has 0 aliphatic carbocycles. The summed E-state index contributed by atoms with van der Waals surface area (Å²) in [7, 11) is 0. The Morgan fingerprint density at radius 1 is 0.850 bits per heavy atom. The molecule has 1 aromatic carbocycles. The third-order valence-corrected chi connectivity index (χ3v) is 2.19. The quantitative estimate of drug-likeness (QED) is 0.498. The van der Waals surface area contributed by atoms with E-state index >= 15 is 0 Å². The molecule has 3 heteroatoms. The molecule has 0 aromatic heterocycles. The van der Waals surface area contributed by atoms with E-state index < -0.39 is 0 Å². The Morgan fingerprint density at radius 2 is 1.15 bits per heavy atom. The monoisotopic (exact) mass is 281 g/mol. The summed E-state index contributed by atoms with van der Waals surface area (Å²) in [6.45, 7) is 16.8. The van der Waals surface area contributed by atoms with Gasteiger partial charge in [-0.3, -0.25) is 0 Å². The maximum absolute atomic E-state index is 5.52. The third-order valence-electron chi connectivity index (χ3n) is 2.19.